The summed E-state index contributed by atoms with van der Waals surface area (Å²) in [6.45, 7) is 6.14. The number of nitrogens with zero attached hydrogens (tertiary/aromatic N) is 1. The Kier molecular flexibility index (Phi) is 4.90. The maximum atomic E-state index is 11.3. The highest BCUT2D eigenvalue weighted by molar-refractivity contribution is 6.38. The fourth-order valence-electron chi connectivity index (χ4n) is 0.971. The lowest BCUT2D eigenvalue weighted by Crippen LogP contribution is -2.41. The van der Waals surface area contributed by atoms with Crippen molar-refractivity contribution >= 4 is 23.8 Å². The van der Waals surface area contributed by atoms with Gasteiger partial charge < -0.3 is 4.90 Å². The van der Waals surface area contributed by atoms with E-state index in [4.69, 9.17) is 11.6 Å². The molecule has 0 bridgehead atoms. The minimum absolute atomic E-state index is 0.0668. The normalized spacial score (nSPS) is 12.8. The van der Waals surface area contributed by atoms with Crippen molar-refractivity contribution in [2.75, 3.05) is 6.54 Å². The molecular formula is C8H13ClNO2. The second-order valence-electron chi connectivity index (χ2n) is 2.70. The van der Waals surface area contributed by atoms with Crippen molar-refractivity contribution in [2.24, 2.45) is 0 Å². The molecule has 3 nitrogen and oxygen atoms in total. The van der Waals surface area contributed by atoms with Gasteiger partial charge in [-0.2, -0.15) is 0 Å². The van der Waals surface area contributed by atoms with Gasteiger partial charge in [0.1, 0.15) is 0 Å². The summed E-state index contributed by atoms with van der Waals surface area (Å²) >= 11 is 5.42. The standard InChI is InChI=1S/C8H13ClNO2/c1-4-10(6(2)3)8(12)7(9)5-11/h6-7H,4H2,1-3H3. The summed E-state index contributed by atoms with van der Waals surface area (Å²) in [6.07, 6.45) is 1.46. The van der Waals surface area contributed by atoms with Gasteiger partial charge in [0.2, 0.25) is 12.2 Å². The van der Waals surface area contributed by atoms with Gasteiger partial charge in [0.05, 0.1) is 0 Å². The molecule has 0 aromatic heterocycles. The lowest BCUT2D eigenvalue weighted by molar-refractivity contribution is -0.131. The van der Waals surface area contributed by atoms with Gasteiger partial charge in [0.15, 0.2) is 5.38 Å². The van der Waals surface area contributed by atoms with Crippen molar-refractivity contribution in [1.29, 1.82) is 0 Å². The molecule has 1 radical (unpaired) electrons. The first-order chi connectivity index (χ1) is 5.54. The summed E-state index contributed by atoms with van der Waals surface area (Å²) in [5.74, 6) is -0.371. The molecule has 0 aliphatic carbocycles. The highest BCUT2D eigenvalue weighted by Crippen LogP contribution is 2.04. The van der Waals surface area contributed by atoms with E-state index in [0.29, 0.717) is 6.54 Å². The van der Waals surface area contributed by atoms with E-state index in [2.05, 4.69) is 0 Å². The van der Waals surface area contributed by atoms with E-state index in [9.17, 15) is 9.59 Å². The molecule has 1 atom stereocenters. The molecule has 0 aliphatic heterocycles. The molecule has 0 fully saturated rings. The van der Waals surface area contributed by atoms with Crippen LogP contribution in [0.25, 0.3) is 0 Å². The molecule has 0 saturated carbocycles. The SMILES string of the molecule is CCN(C(=O)C(Cl)[C]=O)C(C)C. The number of hydrogen-bond acceptors (Lipinski definition) is 2. The minimum atomic E-state index is -1.16. The lowest BCUT2D eigenvalue weighted by Gasteiger charge is -2.25. The van der Waals surface area contributed by atoms with Crippen LogP contribution in [0.5, 0.6) is 0 Å². The van der Waals surface area contributed by atoms with Crippen LogP contribution in [0.1, 0.15) is 20.8 Å². The average molecular weight is 191 g/mol. The first-order valence-corrected chi connectivity index (χ1v) is 4.30. The number of alkyl halides is 1. The molecule has 0 saturated heterocycles. The Morgan fingerprint density at radius 1 is 1.58 bits per heavy atom. The second kappa shape index (κ2) is 5.14. The molecule has 0 N–H and O–H groups in total. The number of amides is 1. The highest BCUT2D eigenvalue weighted by Gasteiger charge is 2.22. The van der Waals surface area contributed by atoms with Gasteiger partial charge in [-0.25, -0.2) is 0 Å². The van der Waals surface area contributed by atoms with E-state index in [1.807, 2.05) is 20.8 Å². The summed E-state index contributed by atoms with van der Waals surface area (Å²) in [5, 5.41) is -1.16. The quantitative estimate of drug-likeness (QED) is 0.489. The zero-order valence-electron chi connectivity index (χ0n) is 7.50. The molecule has 12 heavy (non-hydrogen) atoms. The maximum absolute atomic E-state index is 11.3. The first kappa shape index (κ1) is 11.4. The summed E-state index contributed by atoms with van der Waals surface area (Å²) in [4.78, 5) is 22.9. The van der Waals surface area contributed by atoms with Crippen LogP contribution in [0, 0.1) is 0 Å². The van der Waals surface area contributed by atoms with E-state index in [-0.39, 0.29) is 11.9 Å². The predicted octanol–water partition coefficient (Wildman–Crippen LogP) is 0.960. The first-order valence-electron chi connectivity index (χ1n) is 3.86. The van der Waals surface area contributed by atoms with Crippen LogP contribution in [-0.4, -0.2) is 35.1 Å². The van der Waals surface area contributed by atoms with Gasteiger partial charge >= 0.3 is 0 Å². The van der Waals surface area contributed by atoms with E-state index in [1.165, 1.54) is 11.2 Å². The lowest BCUT2D eigenvalue weighted by atomic mass is 10.3. The van der Waals surface area contributed by atoms with Crippen LogP contribution in [0.15, 0.2) is 0 Å². The third-order valence-electron chi connectivity index (χ3n) is 1.57. The minimum Gasteiger partial charge on any atom is -0.339 e. The molecule has 1 unspecified atom stereocenters. The summed E-state index contributed by atoms with van der Waals surface area (Å²) in [7, 11) is 0. The Morgan fingerprint density at radius 2 is 2.08 bits per heavy atom. The second-order valence-corrected chi connectivity index (χ2v) is 3.13. The Hall–Kier alpha value is -0.570. The molecule has 69 valence electrons. The fraction of sp³-hybridized carbons (Fsp3) is 0.750. The van der Waals surface area contributed by atoms with Gasteiger partial charge in [-0.05, 0) is 20.8 Å². The van der Waals surface area contributed by atoms with E-state index in [1.54, 1.807) is 0 Å². The van der Waals surface area contributed by atoms with Crippen LogP contribution >= 0.6 is 11.6 Å². The highest BCUT2D eigenvalue weighted by atomic mass is 35.5. The van der Waals surface area contributed by atoms with Crippen LogP contribution < -0.4 is 0 Å². The Bertz CT molecular complexity index is 170. The summed E-state index contributed by atoms with van der Waals surface area (Å²) in [5.41, 5.74) is 0. The molecule has 1 amide bonds. The molecule has 0 heterocycles. The van der Waals surface area contributed by atoms with Crippen LogP contribution in [0.3, 0.4) is 0 Å². The Morgan fingerprint density at radius 3 is 2.33 bits per heavy atom. The predicted molar refractivity (Wildman–Crippen MR) is 47.9 cm³/mol. The number of hydrogen-bond donors (Lipinski definition) is 0. The number of rotatable bonds is 4. The van der Waals surface area contributed by atoms with Crippen molar-refractivity contribution < 1.29 is 9.59 Å². The maximum Gasteiger partial charge on any atom is 0.249 e. The number of carbonyl (C=O) groups excluding carboxylic acids is 2. The molecule has 0 rings (SSSR count). The van der Waals surface area contributed by atoms with Crippen LogP contribution in [-0.2, 0) is 9.59 Å². The van der Waals surface area contributed by atoms with Crippen molar-refractivity contribution in [1.82, 2.24) is 4.90 Å². The molecule has 0 aliphatic rings. The zero-order chi connectivity index (χ0) is 9.72. The smallest absolute Gasteiger partial charge is 0.249 e. The topological polar surface area (TPSA) is 37.4 Å². The summed E-state index contributed by atoms with van der Waals surface area (Å²) < 4.78 is 0. The van der Waals surface area contributed by atoms with E-state index < -0.39 is 5.38 Å². The van der Waals surface area contributed by atoms with Gasteiger partial charge in [0.25, 0.3) is 0 Å². The van der Waals surface area contributed by atoms with Gasteiger partial charge in [0, 0.05) is 12.6 Å². The molecule has 4 heteroatoms. The van der Waals surface area contributed by atoms with Crippen LogP contribution in [0.4, 0.5) is 0 Å². The van der Waals surface area contributed by atoms with Gasteiger partial charge in [-0.15, -0.1) is 11.6 Å². The Labute approximate surface area is 77.7 Å². The van der Waals surface area contributed by atoms with E-state index in [0.717, 1.165) is 0 Å². The van der Waals surface area contributed by atoms with Gasteiger partial charge in [-0.3, -0.25) is 9.59 Å². The van der Waals surface area contributed by atoms with Crippen molar-refractivity contribution in [3.05, 3.63) is 0 Å². The molecular weight excluding hydrogens is 178 g/mol. The fourth-order valence-corrected chi connectivity index (χ4v) is 1.10. The largest absolute Gasteiger partial charge is 0.339 e. The third-order valence-corrected chi connectivity index (χ3v) is 1.84. The third kappa shape index (κ3) is 2.81. The van der Waals surface area contributed by atoms with Gasteiger partial charge in [-0.1, -0.05) is 0 Å². The number of carbonyl (C=O) groups is 1. The molecule has 0 aromatic rings. The Balaban J connectivity index is 4.31. The van der Waals surface area contributed by atoms with Crippen LogP contribution in [0.2, 0.25) is 0 Å². The monoisotopic (exact) mass is 190 g/mol. The van der Waals surface area contributed by atoms with Crippen molar-refractivity contribution in [3.63, 3.8) is 0 Å². The summed E-state index contributed by atoms with van der Waals surface area (Å²) in [6, 6.07) is 0.0668. The molecule has 0 aromatic carbocycles. The van der Waals surface area contributed by atoms with E-state index >= 15 is 0 Å². The average Bonchev–Trinajstić information content (AvgIpc) is 2.03. The molecule has 0 spiro atoms. The number of halogens is 1. The van der Waals surface area contributed by atoms with Crippen molar-refractivity contribution in [3.8, 4) is 0 Å². The zero-order valence-corrected chi connectivity index (χ0v) is 8.26. The van der Waals surface area contributed by atoms with Crippen molar-refractivity contribution in [2.45, 2.75) is 32.2 Å².